The normalized spacial score (nSPS) is 20.0. The van der Waals surface area contributed by atoms with E-state index in [4.69, 9.17) is 15.2 Å². The number of hydrogen-bond donors (Lipinski definition) is 1. The second-order valence-corrected chi connectivity index (χ2v) is 6.45. The molecule has 0 bridgehead atoms. The fourth-order valence-electron chi connectivity index (χ4n) is 3.31. The van der Waals surface area contributed by atoms with Gasteiger partial charge < -0.3 is 15.2 Å². The molecule has 8 heteroatoms. The number of rotatable bonds is 6. The lowest BCUT2D eigenvalue weighted by Gasteiger charge is -2.28. The van der Waals surface area contributed by atoms with Crippen molar-refractivity contribution in [1.82, 2.24) is 20.0 Å². The summed E-state index contributed by atoms with van der Waals surface area (Å²) in [6, 6.07) is 3.72. The van der Waals surface area contributed by atoms with Crippen molar-refractivity contribution in [2.45, 2.75) is 45.3 Å². The van der Waals surface area contributed by atoms with Gasteiger partial charge in [0, 0.05) is 13.6 Å². The van der Waals surface area contributed by atoms with E-state index in [9.17, 15) is 4.79 Å². The maximum Gasteiger partial charge on any atom is 0.309 e. The van der Waals surface area contributed by atoms with E-state index in [0.717, 1.165) is 25.0 Å². The zero-order valence-corrected chi connectivity index (χ0v) is 15.2. The maximum atomic E-state index is 11.9. The van der Waals surface area contributed by atoms with Crippen molar-refractivity contribution in [3.8, 4) is 17.1 Å². The monoisotopic (exact) mass is 359 g/mol. The predicted molar refractivity (Wildman–Crippen MR) is 95.1 cm³/mol. The zero-order valence-electron chi connectivity index (χ0n) is 15.2. The van der Waals surface area contributed by atoms with Crippen molar-refractivity contribution in [2.24, 2.45) is 18.7 Å². The number of esters is 1. The summed E-state index contributed by atoms with van der Waals surface area (Å²) in [4.78, 5) is 16.4. The average molecular weight is 359 g/mol. The van der Waals surface area contributed by atoms with Crippen LogP contribution in [0.2, 0.25) is 0 Å². The minimum absolute atomic E-state index is 0.00178. The zero-order chi connectivity index (χ0) is 18.5. The number of hydrogen-bond acceptors (Lipinski definition) is 7. The molecule has 1 aliphatic carbocycles. The first-order valence-electron chi connectivity index (χ1n) is 9.00. The summed E-state index contributed by atoms with van der Waals surface area (Å²) in [6.07, 6.45) is 5.12. The fraction of sp³-hybridized carbons (Fsp3) is 0.556. The molecule has 0 unspecified atom stereocenters. The van der Waals surface area contributed by atoms with E-state index in [1.54, 1.807) is 17.9 Å². The molecule has 3 rings (SSSR count). The van der Waals surface area contributed by atoms with Gasteiger partial charge in [-0.05, 0) is 44.7 Å². The standard InChI is InChI=1S/C18H25N5O3/c1-3-25-18(24)12-5-4-6-13(9-12)26-14-7-8-15(20-11-14)17-16(10-19)23(2)22-21-17/h7-8,11-13H,3-6,9-10,19H2,1-2H3/t12-,13-/m0/s1. The lowest BCUT2D eigenvalue weighted by atomic mass is 9.87. The number of ether oxygens (including phenoxy) is 2. The maximum absolute atomic E-state index is 11.9. The molecule has 26 heavy (non-hydrogen) atoms. The molecular formula is C18H25N5O3. The van der Waals surface area contributed by atoms with Crippen LogP contribution in [0.5, 0.6) is 5.75 Å². The molecule has 140 valence electrons. The molecule has 0 aliphatic heterocycles. The van der Waals surface area contributed by atoms with E-state index in [1.807, 2.05) is 19.1 Å². The van der Waals surface area contributed by atoms with Crippen LogP contribution >= 0.6 is 0 Å². The Kier molecular flexibility index (Phi) is 5.82. The van der Waals surface area contributed by atoms with E-state index in [2.05, 4.69) is 15.3 Å². The van der Waals surface area contributed by atoms with Gasteiger partial charge >= 0.3 is 5.97 Å². The first-order valence-corrected chi connectivity index (χ1v) is 9.00. The number of nitrogens with two attached hydrogens (primary N) is 1. The molecule has 1 fully saturated rings. The minimum Gasteiger partial charge on any atom is -0.489 e. The second kappa shape index (κ2) is 8.27. The number of pyridine rings is 1. The van der Waals surface area contributed by atoms with Crippen LogP contribution in [0.3, 0.4) is 0 Å². The van der Waals surface area contributed by atoms with Gasteiger partial charge in [-0.25, -0.2) is 0 Å². The number of aryl methyl sites for hydroxylation is 1. The van der Waals surface area contributed by atoms with Crippen molar-refractivity contribution in [3.05, 3.63) is 24.0 Å². The number of aromatic nitrogens is 4. The highest BCUT2D eigenvalue weighted by molar-refractivity contribution is 5.72. The van der Waals surface area contributed by atoms with E-state index < -0.39 is 0 Å². The number of carbonyl (C=O) groups excluding carboxylic acids is 1. The molecule has 1 aliphatic rings. The molecule has 2 aromatic heterocycles. The van der Waals surface area contributed by atoms with Crippen LogP contribution in [-0.4, -0.2) is 38.7 Å². The number of nitrogens with zero attached hydrogens (tertiary/aromatic N) is 4. The van der Waals surface area contributed by atoms with Crippen molar-refractivity contribution in [3.63, 3.8) is 0 Å². The Labute approximate surface area is 152 Å². The molecule has 0 amide bonds. The molecule has 2 heterocycles. The SMILES string of the molecule is CCOC(=O)[C@H]1CCC[C@H](Oc2ccc(-c3nnn(C)c3CN)nc2)C1. The molecule has 8 nitrogen and oxygen atoms in total. The highest BCUT2D eigenvalue weighted by Gasteiger charge is 2.29. The predicted octanol–water partition coefficient (Wildman–Crippen LogP) is 1.84. The van der Waals surface area contributed by atoms with E-state index in [0.29, 0.717) is 36.7 Å². The Balaban J connectivity index is 1.65. The quantitative estimate of drug-likeness (QED) is 0.784. The molecule has 0 spiro atoms. The highest BCUT2D eigenvalue weighted by Crippen LogP contribution is 2.29. The van der Waals surface area contributed by atoms with Crippen molar-refractivity contribution >= 4 is 5.97 Å². The van der Waals surface area contributed by atoms with E-state index in [1.165, 1.54) is 0 Å². The summed E-state index contributed by atoms with van der Waals surface area (Å²) < 4.78 is 12.8. The molecular weight excluding hydrogens is 334 g/mol. The summed E-state index contributed by atoms with van der Waals surface area (Å²) in [5, 5.41) is 8.12. The van der Waals surface area contributed by atoms with Gasteiger partial charge in [0.05, 0.1) is 36.2 Å². The third-order valence-corrected chi connectivity index (χ3v) is 4.66. The summed E-state index contributed by atoms with van der Waals surface area (Å²) in [7, 11) is 1.80. The molecule has 0 aromatic carbocycles. The average Bonchev–Trinajstić information content (AvgIpc) is 3.03. The summed E-state index contributed by atoms with van der Waals surface area (Å²) in [6.45, 7) is 2.59. The second-order valence-electron chi connectivity index (χ2n) is 6.45. The Bertz CT molecular complexity index is 744. The Morgan fingerprint density at radius 1 is 1.38 bits per heavy atom. The molecule has 2 aromatic rings. The first kappa shape index (κ1) is 18.3. The Hall–Kier alpha value is -2.48. The lowest BCUT2D eigenvalue weighted by Crippen LogP contribution is -2.30. The molecule has 2 N–H and O–H groups in total. The van der Waals surface area contributed by atoms with Gasteiger partial charge in [-0.1, -0.05) is 5.21 Å². The van der Waals surface area contributed by atoms with Crippen LogP contribution in [0.25, 0.3) is 11.4 Å². The smallest absolute Gasteiger partial charge is 0.309 e. The Morgan fingerprint density at radius 3 is 2.92 bits per heavy atom. The fourth-order valence-corrected chi connectivity index (χ4v) is 3.31. The van der Waals surface area contributed by atoms with Gasteiger partial charge in [0.15, 0.2) is 0 Å². The summed E-state index contributed by atoms with van der Waals surface area (Å²) in [5.41, 5.74) is 7.97. The largest absolute Gasteiger partial charge is 0.489 e. The third kappa shape index (κ3) is 4.01. The topological polar surface area (TPSA) is 105 Å². The van der Waals surface area contributed by atoms with Gasteiger partial charge in [-0.2, -0.15) is 0 Å². The summed E-state index contributed by atoms with van der Waals surface area (Å²) >= 11 is 0. The van der Waals surface area contributed by atoms with Crippen molar-refractivity contribution in [1.29, 1.82) is 0 Å². The van der Waals surface area contributed by atoms with Crippen LogP contribution in [0.1, 0.15) is 38.3 Å². The van der Waals surface area contributed by atoms with E-state index in [-0.39, 0.29) is 18.0 Å². The van der Waals surface area contributed by atoms with Gasteiger partial charge in [0.1, 0.15) is 11.4 Å². The minimum atomic E-state index is -0.119. The molecule has 0 radical (unpaired) electrons. The number of carbonyl (C=O) groups is 1. The Morgan fingerprint density at radius 2 is 2.23 bits per heavy atom. The van der Waals surface area contributed by atoms with Crippen molar-refractivity contribution in [2.75, 3.05) is 6.61 Å². The highest BCUT2D eigenvalue weighted by atomic mass is 16.5. The van der Waals surface area contributed by atoms with Gasteiger partial charge in [-0.15, -0.1) is 5.10 Å². The molecule has 0 saturated heterocycles. The van der Waals surface area contributed by atoms with Crippen LogP contribution in [0.15, 0.2) is 18.3 Å². The van der Waals surface area contributed by atoms with Crippen LogP contribution in [0, 0.1) is 5.92 Å². The van der Waals surface area contributed by atoms with Crippen LogP contribution in [0.4, 0.5) is 0 Å². The van der Waals surface area contributed by atoms with Gasteiger partial charge in [0.2, 0.25) is 0 Å². The van der Waals surface area contributed by atoms with Crippen LogP contribution in [-0.2, 0) is 23.1 Å². The van der Waals surface area contributed by atoms with Gasteiger partial charge in [-0.3, -0.25) is 14.5 Å². The van der Waals surface area contributed by atoms with Crippen LogP contribution < -0.4 is 10.5 Å². The molecule has 1 saturated carbocycles. The summed E-state index contributed by atoms with van der Waals surface area (Å²) in [5.74, 6) is 0.486. The molecule has 2 atom stereocenters. The first-order chi connectivity index (χ1) is 12.6. The van der Waals surface area contributed by atoms with Gasteiger partial charge in [0.25, 0.3) is 0 Å². The van der Waals surface area contributed by atoms with Crippen molar-refractivity contribution < 1.29 is 14.3 Å². The van der Waals surface area contributed by atoms with E-state index >= 15 is 0 Å². The third-order valence-electron chi connectivity index (χ3n) is 4.66. The lowest BCUT2D eigenvalue weighted by molar-refractivity contribution is -0.150.